The van der Waals surface area contributed by atoms with Crippen molar-refractivity contribution in [2.75, 3.05) is 19.4 Å². The summed E-state index contributed by atoms with van der Waals surface area (Å²) in [6.45, 7) is 6.41. The quantitative estimate of drug-likeness (QED) is 0.560. The van der Waals surface area contributed by atoms with E-state index in [2.05, 4.69) is 49.7 Å². The molecule has 0 spiro atoms. The maximum absolute atomic E-state index is 9.16. The molecule has 0 atom stereocenters. The van der Waals surface area contributed by atoms with E-state index in [0.717, 1.165) is 25.9 Å². The minimum absolute atomic E-state index is 0.0572. The van der Waals surface area contributed by atoms with Gasteiger partial charge in [0.05, 0.1) is 0 Å². The van der Waals surface area contributed by atoms with E-state index in [0.29, 0.717) is 0 Å². The Morgan fingerprint density at radius 3 is 2.44 bits per heavy atom. The number of benzene rings is 1. The summed E-state index contributed by atoms with van der Waals surface area (Å²) in [5.74, 6) is 0. The largest absolute Gasteiger partial charge is 0.396 e. The summed E-state index contributed by atoms with van der Waals surface area (Å²) in [5, 5.41) is 12.6. The molecule has 0 saturated carbocycles. The third-order valence-electron chi connectivity index (χ3n) is 3.12. The summed E-state index contributed by atoms with van der Waals surface area (Å²) in [4.78, 5) is 1.31. The van der Waals surface area contributed by atoms with Crippen LogP contribution in [0.4, 0.5) is 0 Å². The molecular formula is C15H25NOS. The van der Waals surface area contributed by atoms with Gasteiger partial charge in [0.25, 0.3) is 0 Å². The first kappa shape index (κ1) is 15.5. The van der Waals surface area contributed by atoms with Crippen LogP contribution in [0.15, 0.2) is 29.2 Å². The molecule has 1 aromatic rings. The van der Waals surface area contributed by atoms with E-state index in [4.69, 9.17) is 5.11 Å². The predicted octanol–water partition coefficient (Wildman–Crippen LogP) is 3.30. The highest BCUT2D eigenvalue weighted by molar-refractivity contribution is 7.98. The van der Waals surface area contributed by atoms with Crippen molar-refractivity contribution in [3.63, 3.8) is 0 Å². The molecule has 1 aromatic carbocycles. The lowest BCUT2D eigenvalue weighted by Gasteiger charge is -2.21. The van der Waals surface area contributed by atoms with Crippen LogP contribution >= 0.6 is 11.8 Å². The summed E-state index contributed by atoms with van der Waals surface area (Å²) < 4.78 is 0. The molecule has 2 nitrogen and oxygen atoms in total. The zero-order valence-electron chi connectivity index (χ0n) is 11.7. The Kier molecular flexibility index (Phi) is 6.76. The molecule has 0 unspecified atom stereocenters. The van der Waals surface area contributed by atoms with Crippen LogP contribution in [0.25, 0.3) is 0 Å². The second-order valence-electron chi connectivity index (χ2n) is 5.45. The smallest absolute Gasteiger partial charge is 0.0482 e. The Hall–Kier alpha value is -0.510. The van der Waals surface area contributed by atoms with Crippen LogP contribution < -0.4 is 5.32 Å². The summed E-state index contributed by atoms with van der Waals surface area (Å²) in [6.07, 6.45) is 4.26. The fourth-order valence-corrected chi connectivity index (χ4v) is 2.16. The van der Waals surface area contributed by atoms with E-state index in [9.17, 15) is 0 Å². The van der Waals surface area contributed by atoms with E-state index >= 15 is 0 Å². The average Bonchev–Trinajstić information content (AvgIpc) is 2.39. The van der Waals surface area contributed by atoms with Crippen LogP contribution in [0.5, 0.6) is 0 Å². The lowest BCUT2D eigenvalue weighted by Crippen LogP contribution is -2.20. The molecule has 0 aliphatic rings. The summed E-state index contributed by atoms with van der Waals surface area (Å²) >= 11 is 1.77. The fourth-order valence-electron chi connectivity index (χ4n) is 1.75. The predicted molar refractivity (Wildman–Crippen MR) is 80.0 cm³/mol. The maximum Gasteiger partial charge on any atom is 0.0482 e. The van der Waals surface area contributed by atoms with Gasteiger partial charge >= 0.3 is 0 Å². The Morgan fingerprint density at radius 1 is 1.22 bits per heavy atom. The molecule has 0 heterocycles. The molecule has 0 amide bonds. The van der Waals surface area contributed by atoms with Gasteiger partial charge in [-0.15, -0.1) is 11.8 Å². The van der Waals surface area contributed by atoms with Crippen LogP contribution in [-0.4, -0.2) is 24.5 Å². The van der Waals surface area contributed by atoms with E-state index in [1.807, 2.05) is 0 Å². The Bertz CT molecular complexity index is 335. The molecule has 0 aliphatic carbocycles. The van der Waals surface area contributed by atoms with Gasteiger partial charge in [-0.05, 0) is 48.8 Å². The second kappa shape index (κ2) is 7.82. The standard InChI is InChI=1S/C15H25NOS/c1-15(2,12-17)9-4-10-16-11-13-5-7-14(18-3)8-6-13/h5-8,16-17H,4,9-12H2,1-3H3. The molecule has 18 heavy (non-hydrogen) atoms. The number of thioether (sulfide) groups is 1. The molecule has 0 aliphatic heterocycles. The molecule has 3 heteroatoms. The first-order valence-electron chi connectivity index (χ1n) is 6.52. The van der Waals surface area contributed by atoms with Crippen molar-refractivity contribution in [3.05, 3.63) is 29.8 Å². The number of rotatable bonds is 8. The van der Waals surface area contributed by atoms with Gasteiger partial charge in [-0.3, -0.25) is 0 Å². The van der Waals surface area contributed by atoms with Gasteiger partial charge in [-0.25, -0.2) is 0 Å². The van der Waals surface area contributed by atoms with Gasteiger partial charge in [0, 0.05) is 18.0 Å². The molecule has 0 saturated heterocycles. The first-order chi connectivity index (χ1) is 8.57. The molecule has 0 fully saturated rings. The Balaban J connectivity index is 2.17. The van der Waals surface area contributed by atoms with E-state index < -0.39 is 0 Å². The number of aliphatic hydroxyl groups is 1. The molecular weight excluding hydrogens is 242 g/mol. The monoisotopic (exact) mass is 267 g/mol. The molecule has 0 aromatic heterocycles. The van der Waals surface area contributed by atoms with Crippen LogP contribution in [-0.2, 0) is 6.54 Å². The number of nitrogens with one attached hydrogen (secondary N) is 1. The zero-order chi connectivity index (χ0) is 13.4. The van der Waals surface area contributed by atoms with Gasteiger partial charge in [0.2, 0.25) is 0 Å². The van der Waals surface area contributed by atoms with Crippen LogP contribution in [0, 0.1) is 5.41 Å². The number of aliphatic hydroxyl groups excluding tert-OH is 1. The van der Waals surface area contributed by atoms with Crippen molar-refractivity contribution in [2.45, 2.75) is 38.1 Å². The van der Waals surface area contributed by atoms with E-state index in [1.165, 1.54) is 10.5 Å². The van der Waals surface area contributed by atoms with Crippen molar-refractivity contribution in [2.24, 2.45) is 5.41 Å². The third kappa shape index (κ3) is 5.89. The number of hydrogen-bond acceptors (Lipinski definition) is 3. The van der Waals surface area contributed by atoms with Crippen molar-refractivity contribution in [3.8, 4) is 0 Å². The molecule has 0 bridgehead atoms. The van der Waals surface area contributed by atoms with E-state index in [1.54, 1.807) is 11.8 Å². The highest BCUT2D eigenvalue weighted by Crippen LogP contribution is 2.20. The first-order valence-corrected chi connectivity index (χ1v) is 7.74. The summed E-state index contributed by atoms with van der Waals surface area (Å²) in [5.41, 5.74) is 1.39. The van der Waals surface area contributed by atoms with Gasteiger partial charge < -0.3 is 10.4 Å². The number of hydrogen-bond donors (Lipinski definition) is 2. The molecule has 0 radical (unpaired) electrons. The molecule has 102 valence electrons. The topological polar surface area (TPSA) is 32.3 Å². The molecule has 1 rings (SSSR count). The normalized spacial score (nSPS) is 11.8. The van der Waals surface area contributed by atoms with Crippen molar-refractivity contribution >= 4 is 11.8 Å². The van der Waals surface area contributed by atoms with Gasteiger partial charge in [-0.2, -0.15) is 0 Å². The van der Waals surface area contributed by atoms with Crippen LogP contribution in [0.2, 0.25) is 0 Å². The van der Waals surface area contributed by atoms with Gasteiger partial charge in [0.1, 0.15) is 0 Å². The van der Waals surface area contributed by atoms with E-state index in [-0.39, 0.29) is 12.0 Å². The van der Waals surface area contributed by atoms with Crippen molar-refractivity contribution in [1.29, 1.82) is 0 Å². The third-order valence-corrected chi connectivity index (χ3v) is 3.87. The minimum Gasteiger partial charge on any atom is -0.396 e. The lowest BCUT2D eigenvalue weighted by molar-refractivity contribution is 0.148. The highest BCUT2D eigenvalue weighted by atomic mass is 32.2. The zero-order valence-corrected chi connectivity index (χ0v) is 12.5. The fraction of sp³-hybridized carbons (Fsp3) is 0.600. The van der Waals surface area contributed by atoms with Crippen molar-refractivity contribution < 1.29 is 5.11 Å². The summed E-state index contributed by atoms with van der Waals surface area (Å²) in [6, 6.07) is 8.68. The van der Waals surface area contributed by atoms with Crippen LogP contribution in [0.3, 0.4) is 0 Å². The van der Waals surface area contributed by atoms with Crippen LogP contribution in [0.1, 0.15) is 32.3 Å². The average molecular weight is 267 g/mol. The highest BCUT2D eigenvalue weighted by Gasteiger charge is 2.14. The summed E-state index contributed by atoms with van der Waals surface area (Å²) in [7, 11) is 0. The second-order valence-corrected chi connectivity index (χ2v) is 6.33. The Morgan fingerprint density at radius 2 is 1.89 bits per heavy atom. The maximum atomic E-state index is 9.16. The SMILES string of the molecule is CSc1ccc(CNCCCC(C)(C)CO)cc1. The lowest BCUT2D eigenvalue weighted by atomic mass is 9.89. The van der Waals surface area contributed by atoms with Gasteiger partial charge in [-0.1, -0.05) is 26.0 Å². The minimum atomic E-state index is 0.0572. The van der Waals surface area contributed by atoms with Crippen molar-refractivity contribution in [1.82, 2.24) is 5.32 Å². The Labute approximate surface area is 115 Å². The van der Waals surface area contributed by atoms with Gasteiger partial charge in [0.15, 0.2) is 0 Å². The molecule has 2 N–H and O–H groups in total.